The molecule has 10 atom stereocenters. The van der Waals surface area contributed by atoms with Gasteiger partial charge in [0, 0.05) is 3.57 Å². The second-order valence-corrected chi connectivity index (χ2v) is 14.3. The van der Waals surface area contributed by atoms with Gasteiger partial charge in [-0.2, -0.15) is 0 Å². The van der Waals surface area contributed by atoms with Crippen LogP contribution < -0.4 is 11.1 Å². The zero-order valence-electron chi connectivity index (χ0n) is 27.4. The molecule has 1 aromatic carbocycles. The standard InChI is InChI=1S/C28H45I3N4O15/c1-10(49-12(3)38)34(6-14(40)25(45)16(42)8-36)27(47)19-21(29)20(23(31)24(22(19)30)33-18(44)5-32)28(48)35(11(2)50-13(4)39)7-15(41)26(46)17(43)9-37/h10-17,25-26,36-43,45-46H,5-9,32H2,1-4H3,(H,33,44). The average Bonchev–Trinajstić information content (AvgIpc) is 3.04. The number of hydrogen-bond acceptors (Lipinski definition) is 16. The molecule has 0 heterocycles. The topological polar surface area (TPSA) is 317 Å². The quantitative estimate of drug-likeness (QED) is 0.0453. The van der Waals surface area contributed by atoms with Gasteiger partial charge in [-0.1, -0.05) is 0 Å². The van der Waals surface area contributed by atoms with E-state index in [1.54, 1.807) is 67.8 Å². The summed E-state index contributed by atoms with van der Waals surface area (Å²) in [5, 5.41) is 103. The number of aliphatic hydroxyl groups excluding tert-OH is 10. The summed E-state index contributed by atoms with van der Waals surface area (Å²) in [5.74, 6) is -2.66. The predicted octanol–water partition coefficient (Wildman–Crippen LogP) is -3.17. The van der Waals surface area contributed by atoms with E-state index in [1.165, 1.54) is 27.7 Å². The van der Waals surface area contributed by atoms with E-state index in [2.05, 4.69) is 5.32 Å². The van der Waals surface area contributed by atoms with E-state index in [0.717, 1.165) is 9.80 Å². The van der Waals surface area contributed by atoms with Crippen LogP contribution in [0.25, 0.3) is 0 Å². The number of benzene rings is 1. The molecule has 0 fully saturated rings. The number of carbonyl (C=O) groups excluding carboxylic acids is 3. The number of anilines is 1. The third kappa shape index (κ3) is 12.7. The van der Waals surface area contributed by atoms with Crippen molar-refractivity contribution in [3.8, 4) is 0 Å². The highest BCUT2D eigenvalue weighted by Gasteiger charge is 2.38. The molecular weight excluding hydrogens is 1010 g/mol. The molecule has 0 saturated heterocycles. The summed E-state index contributed by atoms with van der Waals surface area (Å²) in [6.45, 7) is 1.31. The van der Waals surface area contributed by atoms with E-state index in [9.17, 15) is 65.4 Å². The largest absolute Gasteiger partial charge is 0.394 e. The summed E-state index contributed by atoms with van der Waals surface area (Å²) in [6.07, 6.45) is -16.7. The summed E-state index contributed by atoms with van der Waals surface area (Å²) < 4.78 is 10.8. The highest BCUT2D eigenvalue weighted by Crippen LogP contribution is 2.38. The highest BCUT2D eigenvalue weighted by atomic mass is 127. The van der Waals surface area contributed by atoms with Crippen LogP contribution in [0.3, 0.4) is 0 Å². The molecule has 1 rings (SSSR count). The summed E-state index contributed by atoms with van der Waals surface area (Å²) in [4.78, 5) is 43.1. The van der Waals surface area contributed by atoms with Gasteiger partial charge in [-0.3, -0.25) is 14.4 Å². The van der Waals surface area contributed by atoms with Gasteiger partial charge in [-0.15, -0.1) is 0 Å². The third-order valence-electron chi connectivity index (χ3n) is 7.10. The van der Waals surface area contributed by atoms with Crippen molar-refractivity contribution in [2.45, 2.75) is 89.4 Å². The monoisotopic (exact) mass is 1060 g/mol. The van der Waals surface area contributed by atoms with Gasteiger partial charge in [-0.25, -0.2) is 0 Å². The van der Waals surface area contributed by atoms with Gasteiger partial charge in [0.2, 0.25) is 5.91 Å². The summed E-state index contributed by atoms with van der Waals surface area (Å²) in [6, 6.07) is 0. The maximum Gasteiger partial charge on any atom is 0.258 e. The Bertz CT molecular complexity index is 1210. The van der Waals surface area contributed by atoms with Gasteiger partial charge >= 0.3 is 0 Å². The molecule has 3 amide bonds. The molecule has 0 radical (unpaired) electrons. The first-order valence-corrected chi connectivity index (χ1v) is 18.2. The van der Waals surface area contributed by atoms with Crippen LogP contribution >= 0.6 is 67.8 Å². The van der Waals surface area contributed by atoms with Crippen molar-refractivity contribution in [1.82, 2.24) is 9.80 Å². The second-order valence-electron chi connectivity index (χ2n) is 11.0. The Hall–Kier alpha value is -0.700. The van der Waals surface area contributed by atoms with Gasteiger partial charge in [0.05, 0.1) is 56.8 Å². The molecule has 19 nitrogen and oxygen atoms in total. The van der Waals surface area contributed by atoms with Crippen molar-refractivity contribution in [2.75, 3.05) is 38.2 Å². The van der Waals surface area contributed by atoms with Crippen LogP contribution in [0.2, 0.25) is 0 Å². The Labute approximate surface area is 328 Å². The van der Waals surface area contributed by atoms with Gasteiger partial charge < -0.3 is 81.4 Å². The molecule has 0 aliphatic rings. The number of aliphatic hydroxyl groups is 10. The molecule has 0 spiro atoms. The van der Waals surface area contributed by atoms with Crippen molar-refractivity contribution in [1.29, 1.82) is 0 Å². The first kappa shape index (κ1) is 47.3. The lowest BCUT2D eigenvalue weighted by Gasteiger charge is -2.35. The second kappa shape index (κ2) is 21.9. The Kier molecular flexibility index (Phi) is 20.7. The van der Waals surface area contributed by atoms with E-state index in [-0.39, 0.29) is 27.5 Å². The molecule has 1 aromatic rings. The highest BCUT2D eigenvalue weighted by molar-refractivity contribution is 14.1. The first-order chi connectivity index (χ1) is 23.2. The number of nitrogens with two attached hydrogens (primary N) is 1. The average molecular weight is 1060 g/mol. The zero-order chi connectivity index (χ0) is 38.8. The van der Waals surface area contributed by atoms with Crippen LogP contribution in [-0.2, 0) is 14.3 Å². The summed E-state index contributed by atoms with van der Waals surface area (Å²) in [5.41, 5.74) is 4.95. The van der Waals surface area contributed by atoms with Crippen LogP contribution in [-0.4, -0.2) is 173 Å². The molecule has 0 bridgehead atoms. The number of hydrogen-bond donors (Lipinski definition) is 12. The molecule has 50 heavy (non-hydrogen) atoms. The molecule has 13 N–H and O–H groups in total. The van der Waals surface area contributed by atoms with Crippen LogP contribution in [0.5, 0.6) is 0 Å². The van der Waals surface area contributed by atoms with Crippen LogP contribution in [0, 0.1) is 10.7 Å². The minimum atomic E-state index is -1.93. The smallest absolute Gasteiger partial charge is 0.258 e. The number of nitrogens with zero attached hydrogens (tertiary/aromatic N) is 2. The minimum Gasteiger partial charge on any atom is -0.394 e. The lowest BCUT2D eigenvalue weighted by molar-refractivity contribution is -0.165. The number of nitrogens with one attached hydrogen (secondary N) is 1. The van der Waals surface area contributed by atoms with Crippen LogP contribution in [0.1, 0.15) is 48.4 Å². The maximum absolute atomic E-state index is 14.4. The van der Waals surface area contributed by atoms with Crippen LogP contribution in [0.15, 0.2) is 0 Å². The number of ether oxygens (including phenoxy) is 2. The number of amides is 3. The first-order valence-electron chi connectivity index (χ1n) is 15.0. The van der Waals surface area contributed by atoms with E-state index in [4.69, 9.17) is 15.2 Å². The normalized spacial score (nSPS) is 17.8. The predicted molar refractivity (Wildman–Crippen MR) is 199 cm³/mol. The van der Waals surface area contributed by atoms with Crippen molar-refractivity contribution in [2.24, 2.45) is 5.73 Å². The zero-order valence-corrected chi connectivity index (χ0v) is 33.9. The van der Waals surface area contributed by atoms with E-state index in [0.29, 0.717) is 0 Å². The van der Waals surface area contributed by atoms with Gasteiger partial charge in [0.1, 0.15) is 49.1 Å². The van der Waals surface area contributed by atoms with Crippen molar-refractivity contribution < 1.29 is 74.9 Å². The molecular formula is C28H45I3N4O15. The molecule has 22 heteroatoms. The molecule has 10 unspecified atom stereocenters. The maximum atomic E-state index is 14.4. The van der Waals surface area contributed by atoms with Gasteiger partial charge in [-0.05, 0) is 95.5 Å². The van der Waals surface area contributed by atoms with E-state index < -0.39 is 112 Å². The fourth-order valence-electron chi connectivity index (χ4n) is 4.48. The van der Waals surface area contributed by atoms with Gasteiger partial charge in [0.25, 0.3) is 11.8 Å². The molecule has 0 aliphatic carbocycles. The lowest BCUT2D eigenvalue weighted by atomic mass is 10.0. The van der Waals surface area contributed by atoms with Crippen LogP contribution in [0.4, 0.5) is 5.69 Å². The Morgan fingerprint density at radius 1 is 0.660 bits per heavy atom. The summed E-state index contributed by atoms with van der Waals surface area (Å²) in [7, 11) is 0. The van der Waals surface area contributed by atoms with Crippen molar-refractivity contribution in [3.63, 3.8) is 0 Å². The Balaban J connectivity index is 4.09. The van der Waals surface area contributed by atoms with Crippen molar-refractivity contribution in [3.05, 3.63) is 21.8 Å². The van der Waals surface area contributed by atoms with Crippen molar-refractivity contribution >= 4 is 91.2 Å². The molecule has 0 saturated carbocycles. The summed E-state index contributed by atoms with van der Waals surface area (Å²) >= 11 is 5.15. The number of carbonyl (C=O) groups is 3. The van der Waals surface area contributed by atoms with E-state index >= 15 is 0 Å². The third-order valence-corrected chi connectivity index (χ3v) is 10.3. The Morgan fingerprint density at radius 3 is 1.28 bits per heavy atom. The lowest BCUT2D eigenvalue weighted by Crippen LogP contribution is -2.52. The number of halogens is 3. The fraction of sp³-hybridized carbons (Fsp3) is 0.679. The molecule has 0 aromatic heterocycles. The fourth-order valence-corrected chi connectivity index (χ4v) is 8.84. The minimum absolute atomic E-state index is 0.0588. The van der Waals surface area contributed by atoms with Gasteiger partial charge in [0.15, 0.2) is 12.6 Å². The SMILES string of the molecule is CC(O)OC(C)N(CC(O)C(O)C(O)CO)C(=O)c1c(I)c(NC(=O)CN)c(I)c(C(=O)N(CC(O)C(O)C(O)CO)C(C)OC(C)O)c1I. The van der Waals surface area contributed by atoms with E-state index in [1.807, 2.05) is 0 Å². The Morgan fingerprint density at radius 2 is 1.00 bits per heavy atom. The molecule has 288 valence electrons. The number of rotatable bonds is 20. The molecule has 0 aliphatic heterocycles.